The van der Waals surface area contributed by atoms with Crippen molar-refractivity contribution in [1.82, 2.24) is 0 Å². The van der Waals surface area contributed by atoms with Gasteiger partial charge in [-0.2, -0.15) is 0 Å². The van der Waals surface area contributed by atoms with Crippen molar-refractivity contribution in [2.75, 3.05) is 6.61 Å². The van der Waals surface area contributed by atoms with Crippen LogP contribution in [0.4, 0.5) is 0 Å². The molecule has 1 heterocycles. The van der Waals surface area contributed by atoms with Gasteiger partial charge in [0, 0.05) is 6.42 Å². The van der Waals surface area contributed by atoms with Gasteiger partial charge in [0.25, 0.3) is 0 Å². The van der Waals surface area contributed by atoms with Gasteiger partial charge in [0.15, 0.2) is 6.29 Å². The topological polar surface area (TPSA) is 120 Å². The number of aliphatic hydroxyl groups is 5. The van der Waals surface area contributed by atoms with Crippen molar-refractivity contribution in [3.05, 3.63) is 11.6 Å². The van der Waals surface area contributed by atoms with Gasteiger partial charge >= 0.3 is 0 Å². The predicted molar refractivity (Wildman–Crippen MR) is 81.4 cm³/mol. The van der Waals surface area contributed by atoms with Crippen molar-refractivity contribution in [3.63, 3.8) is 0 Å². The van der Waals surface area contributed by atoms with Gasteiger partial charge in [0.2, 0.25) is 0 Å². The summed E-state index contributed by atoms with van der Waals surface area (Å²) in [5.74, 6) is 0.0221. The molecule has 134 valence electrons. The molecule has 7 atom stereocenters. The first-order chi connectivity index (χ1) is 10.7. The van der Waals surface area contributed by atoms with Crippen molar-refractivity contribution in [2.24, 2.45) is 5.92 Å². The molecule has 7 nitrogen and oxygen atoms in total. The van der Waals surface area contributed by atoms with Crippen LogP contribution in [0.15, 0.2) is 11.6 Å². The van der Waals surface area contributed by atoms with E-state index in [0.717, 1.165) is 5.57 Å². The molecule has 0 radical (unpaired) electrons. The molecule has 1 aliphatic carbocycles. The Balaban J connectivity index is 2.20. The highest BCUT2D eigenvalue weighted by atomic mass is 16.7. The Kier molecular flexibility index (Phi) is 5.84. The number of hydrogen-bond acceptors (Lipinski definition) is 7. The third-order valence-electron chi connectivity index (χ3n) is 5.09. The van der Waals surface area contributed by atoms with Crippen LogP contribution in [0.3, 0.4) is 0 Å². The maximum absolute atomic E-state index is 10.2. The first-order valence-corrected chi connectivity index (χ1v) is 8.05. The van der Waals surface area contributed by atoms with Crippen LogP contribution in [0, 0.1) is 5.92 Å². The third kappa shape index (κ3) is 3.61. The Hall–Kier alpha value is -0.540. The molecule has 0 aromatic carbocycles. The van der Waals surface area contributed by atoms with E-state index in [4.69, 9.17) is 9.47 Å². The minimum absolute atomic E-state index is 0.0221. The molecule has 0 aromatic heterocycles. The lowest BCUT2D eigenvalue weighted by Crippen LogP contribution is -2.61. The number of aliphatic hydroxyl groups excluding tert-OH is 5. The maximum atomic E-state index is 10.2. The largest absolute Gasteiger partial charge is 0.394 e. The van der Waals surface area contributed by atoms with E-state index in [2.05, 4.69) is 0 Å². The van der Waals surface area contributed by atoms with Gasteiger partial charge in [0.05, 0.1) is 18.3 Å². The van der Waals surface area contributed by atoms with E-state index in [9.17, 15) is 25.5 Å². The Morgan fingerprint density at radius 3 is 2.39 bits per heavy atom. The number of ether oxygens (including phenoxy) is 2. The number of rotatable bonds is 4. The Morgan fingerprint density at radius 1 is 1.22 bits per heavy atom. The normalized spacial score (nSPS) is 45.2. The SMILES string of the molecule is CC1=CC[C@@](O[C@@H]2O[C@H](CO)[C@@H](O)[C@H](O)[C@H]2O)(C(C)C)C[C@@H]1O. The summed E-state index contributed by atoms with van der Waals surface area (Å²) >= 11 is 0. The molecule has 1 saturated heterocycles. The molecule has 0 amide bonds. The Morgan fingerprint density at radius 2 is 1.87 bits per heavy atom. The highest BCUT2D eigenvalue weighted by Crippen LogP contribution is 2.39. The second-order valence-corrected chi connectivity index (χ2v) is 6.91. The van der Waals surface area contributed by atoms with E-state index >= 15 is 0 Å². The fraction of sp³-hybridized carbons (Fsp3) is 0.875. The van der Waals surface area contributed by atoms with Crippen LogP contribution < -0.4 is 0 Å². The lowest BCUT2D eigenvalue weighted by Gasteiger charge is -2.47. The highest BCUT2D eigenvalue weighted by molar-refractivity contribution is 5.15. The quantitative estimate of drug-likeness (QED) is 0.432. The van der Waals surface area contributed by atoms with E-state index in [-0.39, 0.29) is 5.92 Å². The minimum atomic E-state index is -1.47. The van der Waals surface area contributed by atoms with E-state index in [1.54, 1.807) is 0 Å². The average molecular weight is 332 g/mol. The first-order valence-electron chi connectivity index (χ1n) is 8.05. The first kappa shape index (κ1) is 18.8. The summed E-state index contributed by atoms with van der Waals surface area (Å²) in [5, 5.41) is 49.3. The lowest BCUT2D eigenvalue weighted by atomic mass is 9.76. The zero-order valence-electron chi connectivity index (χ0n) is 13.8. The van der Waals surface area contributed by atoms with E-state index in [1.165, 1.54) is 0 Å². The molecule has 7 heteroatoms. The molecular formula is C16H28O7. The molecule has 0 bridgehead atoms. The van der Waals surface area contributed by atoms with E-state index in [1.807, 2.05) is 26.8 Å². The fourth-order valence-corrected chi connectivity index (χ4v) is 3.14. The van der Waals surface area contributed by atoms with Crippen LogP contribution in [0.25, 0.3) is 0 Å². The van der Waals surface area contributed by atoms with Crippen molar-refractivity contribution in [2.45, 2.75) is 76.0 Å². The summed E-state index contributed by atoms with van der Waals surface area (Å²) in [6.45, 7) is 5.25. The van der Waals surface area contributed by atoms with Gasteiger partial charge < -0.3 is 35.0 Å². The molecule has 2 rings (SSSR count). The smallest absolute Gasteiger partial charge is 0.187 e. The average Bonchev–Trinajstić information content (AvgIpc) is 2.51. The van der Waals surface area contributed by atoms with E-state index < -0.39 is 49.0 Å². The standard InChI is InChI=1S/C16H28O7/c1-8(2)16(5-4-9(3)10(18)6-16)23-15-14(21)13(20)12(19)11(7-17)22-15/h4,8,10-15,17-21H,5-7H2,1-3H3/t10-,11+,12+,13-,14+,15-,16-/m0/s1. The molecular weight excluding hydrogens is 304 g/mol. The van der Waals surface area contributed by atoms with Gasteiger partial charge in [-0.05, 0) is 24.8 Å². The van der Waals surface area contributed by atoms with Gasteiger partial charge in [-0.25, -0.2) is 0 Å². The molecule has 0 spiro atoms. The monoisotopic (exact) mass is 332 g/mol. The van der Waals surface area contributed by atoms with Crippen molar-refractivity contribution >= 4 is 0 Å². The molecule has 23 heavy (non-hydrogen) atoms. The zero-order chi connectivity index (χ0) is 17.4. The van der Waals surface area contributed by atoms with Gasteiger partial charge in [-0.1, -0.05) is 19.9 Å². The summed E-state index contributed by atoms with van der Waals surface area (Å²) in [5.41, 5.74) is 0.116. The Labute approximate surface area is 136 Å². The van der Waals surface area contributed by atoms with Crippen LogP contribution >= 0.6 is 0 Å². The van der Waals surface area contributed by atoms with Crippen molar-refractivity contribution in [1.29, 1.82) is 0 Å². The van der Waals surface area contributed by atoms with Crippen LogP contribution in [0.2, 0.25) is 0 Å². The maximum Gasteiger partial charge on any atom is 0.187 e. The number of hydrogen-bond donors (Lipinski definition) is 5. The van der Waals surface area contributed by atoms with Crippen molar-refractivity contribution in [3.8, 4) is 0 Å². The van der Waals surface area contributed by atoms with E-state index in [0.29, 0.717) is 12.8 Å². The predicted octanol–water partition coefficient (Wildman–Crippen LogP) is -0.701. The molecule has 1 aliphatic heterocycles. The molecule has 1 fully saturated rings. The summed E-state index contributed by atoms with van der Waals surface area (Å²) in [6, 6.07) is 0. The fourth-order valence-electron chi connectivity index (χ4n) is 3.14. The summed E-state index contributed by atoms with van der Waals surface area (Å²) in [7, 11) is 0. The lowest BCUT2D eigenvalue weighted by molar-refractivity contribution is -0.334. The molecule has 0 saturated carbocycles. The molecule has 0 unspecified atom stereocenters. The second kappa shape index (κ2) is 7.14. The third-order valence-corrected chi connectivity index (χ3v) is 5.09. The summed E-state index contributed by atoms with van der Waals surface area (Å²) < 4.78 is 11.4. The van der Waals surface area contributed by atoms with Gasteiger partial charge in [-0.3, -0.25) is 0 Å². The minimum Gasteiger partial charge on any atom is -0.394 e. The highest BCUT2D eigenvalue weighted by Gasteiger charge is 2.49. The second-order valence-electron chi connectivity index (χ2n) is 6.91. The zero-order valence-corrected chi connectivity index (χ0v) is 13.8. The van der Waals surface area contributed by atoms with Crippen LogP contribution in [0.1, 0.15) is 33.6 Å². The van der Waals surface area contributed by atoms with Crippen LogP contribution in [0.5, 0.6) is 0 Å². The summed E-state index contributed by atoms with van der Waals surface area (Å²) in [4.78, 5) is 0. The molecule has 5 N–H and O–H groups in total. The van der Waals surface area contributed by atoms with Crippen molar-refractivity contribution < 1.29 is 35.0 Å². The molecule has 0 aromatic rings. The van der Waals surface area contributed by atoms with Crippen LogP contribution in [-0.2, 0) is 9.47 Å². The Bertz CT molecular complexity index is 436. The molecule has 2 aliphatic rings. The van der Waals surface area contributed by atoms with Gasteiger partial charge in [0.1, 0.15) is 24.4 Å². The summed E-state index contributed by atoms with van der Waals surface area (Å²) in [6.07, 6.45) is -4.36. The van der Waals surface area contributed by atoms with Crippen LogP contribution in [-0.4, -0.2) is 74.6 Å². The van der Waals surface area contributed by atoms with Gasteiger partial charge in [-0.15, -0.1) is 0 Å².